The van der Waals surface area contributed by atoms with Crippen molar-refractivity contribution in [2.75, 3.05) is 19.1 Å². The molecular formula is C9H14N2O. The van der Waals surface area contributed by atoms with Crippen LogP contribution in [0.5, 0.6) is 0 Å². The molecule has 0 spiro atoms. The Morgan fingerprint density at radius 1 is 1.42 bits per heavy atom. The first-order valence-electron chi connectivity index (χ1n) is 3.92. The van der Waals surface area contributed by atoms with Crippen LogP contribution < -0.4 is 11.3 Å². The summed E-state index contributed by atoms with van der Waals surface area (Å²) in [6.45, 7) is 0.721. The molecule has 0 fully saturated rings. The minimum atomic E-state index is 0.721. The summed E-state index contributed by atoms with van der Waals surface area (Å²) in [6.07, 6.45) is 0.886. The van der Waals surface area contributed by atoms with Crippen molar-refractivity contribution in [1.82, 2.24) is 0 Å². The van der Waals surface area contributed by atoms with Crippen molar-refractivity contribution in [3.05, 3.63) is 29.8 Å². The Balaban J connectivity index is 2.68. The molecule has 0 bridgehead atoms. The molecule has 1 rings (SSSR count). The van der Waals surface area contributed by atoms with Gasteiger partial charge < -0.3 is 10.2 Å². The van der Waals surface area contributed by atoms with Crippen molar-refractivity contribution in [3.63, 3.8) is 0 Å². The maximum absolute atomic E-state index is 5.33. The fraction of sp³-hybridized carbons (Fsp3) is 0.333. The van der Waals surface area contributed by atoms with Crippen molar-refractivity contribution in [1.29, 1.82) is 0 Å². The fourth-order valence-corrected chi connectivity index (χ4v) is 1.09. The molecule has 1 aromatic carbocycles. The van der Waals surface area contributed by atoms with E-state index < -0.39 is 0 Å². The Hall–Kier alpha value is -1.06. The lowest BCUT2D eigenvalue weighted by molar-refractivity contribution is 0.202. The molecule has 12 heavy (non-hydrogen) atoms. The van der Waals surface area contributed by atoms with E-state index in [9.17, 15) is 0 Å². The highest BCUT2D eigenvalue weighted by Gasteiger charge is 1.97. The van der Waals surface area contributed by atoms with Gasteiger partial charge in [-0.15, -0.1) is 0 Å². The normalized spacial score (nSPS) is 9.83. The summed E-state index contributed by atoms with van der Waals surface area (Å²) in [5, 5.41) is 0. The lowest BCUT2D eigenvalue weighted by Gasteiger charge is -2.07. The zero-order valence-corrected chi connectivity index (χ0v) is 7.21. The molecule has 0 aliphatic rings. The van der Waals surface area contributed by atoms with Crippen LogP contribution in [0.1, 0.15) is 5.56 Å². The topological polar surface area (TPSA) is 47.3 Å². The van der Waals surface area contributed by atoms with Crippen LogP contribution in [-0.2, 0) is 11.2 Å². The van der Waals surface area contributed by atoms with Crippen molar-refractivity contribution in [2.24, 2.45) is 5.84 Å². The van der Waals surface area contributed by atoms with Crippen LogP contribution in [0.15, 0.2) is 24.3 Å². The smallest absolute Gasteiger partial charge is 0.0517 e. The third-order valence-corrected chi connectivity index (χ3v) is 1.75. The Morgan fingerprint density at radius 2 is 2.17 bits per heavy atom. The number of anilines is 1. The zero-order valence-electron chi connectivity index (χ0n) is 7.21. The predicted molar refractivity (Wildman–Crippen MR) is 49.8 cm³/mol. The van der Waals surface area contributed by atoms with E-state index in [1.165, 1.54) is 5.56 Å². The molecule has 0 unspecified atom stereocenters. The van der Waals surface area contributed by atoms with E-state index in [-0.39, 0.29) is 0 Å². The number of benzene rings is 1. The molecule has 0 radical (unpaired) electrons. The van der Waals surface area contributed by atoms with Crippen LogP contribution >= 0.6 is 0 Å². The van der Waals surface area contributed by atoms with Gasteiger partial charge in [0.25, 0.3) is 0 Å². The summed E-state index contributed by atoms with van der Waals surface area (Å²) in [5.74, 6) is 5.33. The Morgan fingerprint density at radius 3 is 2.83 bits per heavy atom. The van der Waals surface area contributed by atoms with Gasteiger partial charge in [0.2, 0.25) is 0 Å². The molecule has 3 nitrogen and oxygen atoms in total. The summed E-state index contributed by atoms with van der Waals surface area (Å²) in [4.78, 5) is 0. The molecule has 0 saturated heterocycles. The highest BCUT2D eigenvalue weighted by molar-refractivity contribution is 5.49. The first-order chi connectivity index (χ1) is 5.88. The van der Waals surface area contributed by atoms with Crippen LogP contribution in [0.2, 0.25) is 0 Å². The number of nitrogens with two attached hydrogens (primary N) is 1. The van der Waals surface area contributed by atoms with E-state index in [0.717, 1.165) is 18.7 Å². The SMILES string of the molecule is COCCc1ccccc1NN. The van der Waals surface area contributed by atoms with Crippen molar-refractivity contribution >= 4 is 5.69 Å². The molecular weight excluding hydrogens is 152 g/mol. The third kappa shape index (κ3) is 2.22. The summed E-state index contributed by atoms with van der Waals surface area (Å²) >= 11 is 0. The minimum Gasteiger partial charge on any atom is -0.384 e. The lowest BCUT2D eigenvalue weighted by Crippen LogP contribution is -2.09. The maximum Gasteiger partial charge on any atom is 0.0517 e. The van der Waals surface area contributed by atoms with Gasteiger partial charge in [-0.05, 0) is 18.1 Å². The molecule has 0 amide bonds. The van der Waals surface area contributed by atoms with E-state index in [0.29, 0.717) is 0 Å². The lowest BCUT2D eigenvalue weighted by atomic mass is 10.1. The van der Waals surface area contributed by atoms with Gasteiger partial charge in [0.1, 0.15) is 0 Å². The Kier molecular flexibility index (Phi) is 3.57. The summed E-state index contributed by atoms with van der Waals surface area (Å²) in [5.41, 5.74) is 4.80. The number of para-hydroxylation sites is 1. The summed E-state index contributed by atoms with van der Waals surface area (Å²) in [7, 11) is 1.69. The van der Waals surface area contributed by atoms with Gasteiger partial charge in [0.15, 0.2) is 0 Å². The second-order valence-corrected chi connectivity index (χ2v) is 2.54. The monoisotopic (exact) mass is 166 g/mol. The highest BCUT2D eigenvalue weighted by atomic mass is 16.5. The van der Waals surface area contributed by atoms with Crippen LogP contribution in [0.25, 0.3) is 0 Å². The van der Waals surface area contributed by atoms with Crippen molar-refractivity contribution in [2.45, 2.75) is 6.42 Å². The number of hydrazine groups is 1. The van der Waals surface area contributed by atoms with Crippen LogP contribution in [-0.4, -0.2) is 13.7 Å². The van der Waals surface area contributed by atoms with Gasteiger partial charge in [-0.3, -0.25) is 5.84 Å². The Labute approximate surface area is 72.5 Å². The second-order valence-electron chi connectivity index (χ2n) is 2.54. The zero-order chi connectivity index (χ0) is 8.81. The number of nitrogens with one attached hydrogen (secondary N) is 1. The van der Waals surface area contributed by atoms with Gasteiger partial charge in [0, 0.05) is 7.11 Å². The molecule has 1 aromatic rings. The van der Waals surface area contributed by atoms with Crippen LogP contribution in [0.4, 0.5) is 5.69 Å². The van der Waals surface area contributed by atoms with Gasteiger partial charge in [-0.2, -0.15) is 0 Å². The molecule has 66 valence electrons. The molecule has 0 heterocycles. The van der Waals surface area contributed by atoms with Gasteiger partial charge in [-0.25, -0.2) is 0 Å². The number of hydrogen-bond acceptors (Lipinski definition) is 3. The molecule has 0 aliphatic carbocycles. The predicted octanol–water partition coefficient (Wildman–Crippen LogP) is 1.16. The summed E-state index contributed by atoms with van der Waals surface area (Å²) < 4.78 is 4.98. The molecule has 3 N–H and O–H groups in total. The van der Waals surface area contributed by atoms with Gasteiger partial charge in [0.05, 0.1) is 12.3 Å². The van der Waals surface area contributed by atoms with E-state index in [1.807, 2.05) is 24.3 Å². The van der Waals surface area contributed by atoms with Crippen LogP contribution in [0.3, 0.4) is 0 Å². The average molecular weight is 166 g/mol. The number of nitrogen functional groups attached to an aromatic ring is 1. The number of rotatable bonds is 4. The van der Waals surface area contributed by atoms with Gasteiger partial charge in [-0.1, -0.05) is 18.2 Å². The Bertz CT molecular complexity index is 238. The largest absolute Gasteiger partial charge is 0.384 e. The molecule has 0 saturated carbocycles. The average Bonchev–Trinajstić information content (AvgIpc) is 2.15. The van der Waals surface area contributed by atoms with E-state index in [4.69, 9.17) is 10.6 Å². The maximum atomic E-state index is 5.33. The van der Waals surface area contributed by atoms with Crippen molar-refractivity contribution < 1.29 is 4.74 Å². The fourth-order valence-electron chi connectivity index (χ4n) is 1.09. The van der Waals surface area contributed by atoms with E-state index in [2.05, 4.69) is 5.43 Å². The molecule has 0 aromatic heterocycles. The van der Waals surface area contributed by atoms with Crippen LogP contribution in [0, 0.1) is 0 Å². The number of hydrogen-bond donors (Lipinski definition) is 2. The van der Waals surface area contributed by atoms with Gasteiger partial charge >= 0.3 is 0 Å². The molecule has 0 atom stereocenters. The standard InChI is InChI=1S/C9H14N2O/c1-12-7-6-8-4-2-3-5-9(8)11-10/h2-5,11H,6-7,10H2,1H3. The molecule has 0 aliphatic heterocycles. The second kappa shape index (κ2) is 4.74. The highest BCUT2D eigenvalue weighted by Crippen LogP contribution is 2.13. The minimum absolute atomic E-state index is 0.721. The quantitative estimate of drug-likeness (QED) is 0.521. The molecule has 3 heteroatoms. The number of ether oxygens (including phenoxy) is 1. The van der Waals surface area contributed by atoms with Crippen molar-refractivity contribution in [3.8, 4) is 0 Å². The first kappa shape index (κ1) is 9.03. The number of methoxy groups -OCH3 is 1. The summed E-state index contributed by atoms with van der Waals surface area (Å²) in [6, 6.07) is 7.93. The third-order valence-electron chi connectivity index (χ3n) is 1.75. The van der Waals surface area contributed by atoms with E-state index >= 15 is 0 Å². The first-order valence-corrected chi connectivity index (χ1v) is 3.92. The van der Waals surface area contributed by atoms with E-state index in [1.54, 1.807) is 7.11 Å².